The Balaban J connectivity index is 2.34. The minimum atomic E-state index is 0.827. The van der Waals surface area contributed by atoms with Crippen molar-refractivity contribution in [1.29, 1.82) is 0 Å². The van der Waals surface area contributed by atoms with E-state index in [9.17, 15) is 0 Å². The van der Waals surface area contributed by atoms with Crippen LogP contribution in [0.2, 0.25) is 0 Å². The summed E-state index contributed by atoms with van der Waals surface area (Å²) in [5.41, 5.74) is 2.06. The summed E-state index contributed by atoms with van der Waals surface area (Å²) < 4.78 is 1.16. The Morgan fingerprint density at radius 2 is 1.82 bits per heavy atom. The molecule has 0 spiro atoms. The van der Waals surface area contributed by atoms with E-state index >= 15 is 0 Å². The first-order valence-corrected chi connectivity index (χ1v) is 6.31. The zero-order chi connectivity index (χ0) is 12.3. The zero-order valence-corrected chi connectivity index (χ0v) is 11.8. The van der Waals surface area contributed by atoms with Crippen LogP contribution in [-0.4, -0.2) is 17.0 Å². The van der Waals surface area contributed by atoms with Crippen LogP contribution in [0.1, 0.15) is 5.56 Å². The molecule has 0 radical (unpaired) electrons. The van der Waals surface area contributed by atoms with Crippen LogP contribution in [0, 0.1) is 10.5 Å². The molecule has 0 bridgehead atoms. The van der Waals surface area contributed by atoms with Crippen LogP contribution >= 0.6 is 22.6 Å². The van der Waals surface area contributed by atoms with Crippen molar-refractivity contribution in [3.63, 3.8) is 0 Å². The van der Waals surface area contributed by atoms with Crippen LogP contribution in [0.25, 0.3) is 0 Å². The summed E-state index contributed by atoms with van der Waals surface area (Å²) in [7, 11) is 1.85. The van der Waals surface area contributed by atoms with E-state index in [-0.39, 0.29) is 0 Å². The molecule has 0 aliphatic heterocycles. The van der Waals surface area contributed by atoms with Gasteiger partial charge in [0.25, 0.3) is 0 Å². The third kappa shape index (κ3) is 2.66. The van der Waals surface area contributed by atoms with E-state index in [1.165, 1.54) is 0 Å². The highest BCUT2D eigenvalue weighted by Crippen LogP contribution is 2.24. The predicted molar refractivity (Wildman–Crippen MR) is 78.8 cm³/mol. The van der Waals surface area contributed by atoms with Crippen LogP contribution in [0.3, 0.4) is 0 Å². The van der Waals surface area contributed by atoms with E-state index in [1.807, 2.05) is 32.2 Å². The molecular formula is C12H13IN4. The van der Waals surface area contributed by atoms with Gasteiger partial charge in [-0.1, -0.05) is 12.1 Å². The maximum atomic E-state index is 4.26. The Labute approximate surface area is 114 Å². The Morgan fingerprint density at radius 1 is 1.12 bits per heavy atom. The third-order valence-electron chi connectivity index (χ3n) is 2.45. The summed E-state index contributed by atoms with van der Waals surface area (Å²) in [4.78, 5) is 8.42. The second-order valence-electron chi connectivity index (χ2n) is 3.55. The van der Waals surface area contributed by atoms with Gasteiger partial charge in [0.2, 0.25) is 0 Å². The van der Waals surface area contributed by atoms with E-state index in [2.05, 4.69) is 49.3 Å². The molecular weight excluding hydrogens is 327 g/mol. The highest BCUT2D eigenvalue weighted by atomic mass is 127. The molecule has 2 N–H and O–H groups in total. The first-order valence-electron chi connectivity index (χ1n) is 5.23. The van der Waals surface area contributed by atoms with E-state index < -0.39 is 0 Å². The fraction of sp³-hybridized carbons (Fsp3) is 0.167. The quantitative estimate of drug-likeness (QED) is 0.843. The van der Waals surface area contributed by atoms with E-state index in [0.717, 1.165) is 26.5 Å². The molecule has 0 fully saturated rings. The lowest BCUT2D eigenvalue weighted by molar-refractivity contribution is 1.12. The fourth-order valence-electron chi connectivity index (χ4n) is 1.52. The summed E-state index contributed by atoms with van der Waals surface area (Å²) in [6.45, 7) is 1.99. The van der Waals surface area contributed by atoms with Gasteiger partial charge in [0.1, 0.15) is 18.0 Å². The highest BCUT2D eigenvalue weighted by Gasteiger charge is 2.06. The Hall–Kier alpha value is -1.37. The molecule has 88 valence electrons. The number of hydrogen-bond acceptors (Lipinski definition) is 4. The molecule has 2 aromatic rings. The molecule has 0 unspecified atom stereocenters. The molecule has 0 amide bonds. The maximum absolute atomic E-state index is 4.26. The molecule has 1 aromatic heterocycles. The van der Waals surface area contributed by atoms with E-state index in [4.69, 9.17) is 0 Å². The van der Waals surface area contributed by atoms with Crippen molar-refractivity contribution in [1.82, 2.24) is 9.97 Å². The lowest BCUT2D eigenvalue weighted by Gasteiger charge is -2.11. The van der Waals surface area contributed by atoms with Crippen LogP contribution in [0.4, 0.5) is 17.3 Å². The first-order chi connectivity index (χ1) is 8.22. The second kappa shape index (κ2) is 5.31. The number of nitrogens with zero attached hydrogens (tertiary/aromatic N) is 2. The molecule has 0 aliphatic carbocycles. The molecule has 1 aromatic carbocycles. The minimum Gasteiger partial charge on any atom is -0.373 e. The van der Waals surface area contributed by atoms with Gasteiger partial charge in [-0.2, -0.15) is 0 Å². The smallest absolute Gasteiger partial charge is 0.138 e. The topological polar surface area (TPSA) is 49.8 Å². The lowest BCUT2D eigenvalue weighted by Crippen LogP contribution is -2.03. The van der Waals surface area contributed by atoms with E-state index in [1.54, 1.807) is 6.33 Å². The average molecular weight is 340 g/mol. The summed E-state index contributed by atoms with van der Waals surface area (Å²) >= 11 is 2.30. The summed E-state index contributed by atoms with van der Waals surface area (Å²) in [6.07, 6.45) is 1.55. The molecule has 0 aliphatic rings. The van der Waals surface area contributed by atoms with Crippen molar-refractivity contribution >= 4 is 39.9 Å². The van der Waals surface area contributed by atoms with Crippen molar-refractivity contribution in [3.8, 4) is 0 Å². The molecule has 17 heavy (non-hydrogen) atoms. The van der Waals surface area contributed by atoms with Gasteiger partial charge in [-0.3, -0.25) is 0 Å². The lowest BCUT2D eigenvalue weighted by atomic mass is 10.2. The molecule has 1 heterocycles. The number of nitrogens with one attached hydrogen (secondary N) is 2. The van der Waals surface area contributed by atoms with Crippen molar-refractivity contribution in [3.05, 3.63) is 39.7 Å². The van der Waals surface area contributed by atoms with Gasteiger partial charge in [-0.25, -0.2) is 9.97 Å². The maximum Gasteiger partial charge on any atom is 0.138 e. The van der Waals surface area contributed by atoms with Gasteiger partial charge in [-0.15, -0.1) is 0 Å². The van der Waals surface area contributed by atoms with E-state index in [0.29, 0.717) is 0 Å². The standard InChI is InChI=1S/C12H13IN4/c1-8-11(14-2)15-7-16-12(8)17-10-6-4-3-5-9(10)13/h3-7H,1-2H3,(H2,14,15,16,17). The Kier molecular flexibility index (Phi) is 3.78. The van der Waals surface area contributed by atoms with Crippen LogP contribution in [0.5, 0.6) is 0 Å². The molecule has 2 rings (SSSR count). The molecule has 0 saturated carbocycles. The number of rotatable bonds is 3. The molecule has 0 saturated heterocycles. The normalized spacial score (nSPS) is 10.1. The zero-order valence-electron chi connectivity index (χ0n) is 9.66. The summed E-state index contributed by atoms with van der Waals surface area (Å²) in [6, 6.07) is 8.10. The summed E-state index contributed by atoms with van der Waals surface area (Å²) in [5, 5.41) is 6.36. The Bertz CT molecular complexity index is 528. The highest BCUT2D eigenvalue weighted by molar-refractivity contribution is 14.1. The van der Waals surface area contributed by atoms with Crippen molar-refractivity contribution < 1.29 is 0 Å². The monoisotopic (exact) mass is 340 g/mol. The van der Waals surface area contributed by atoms with Gasteiger partial charge in [0.15, 0.2) is 0 Å². The van der Waals surface area contributed by atoms with Gasteiger partial charge in [-0.05, 0) is 41.6 Å². The number of anilines is 3. The number of benzene rings is 1. The number of aromatic nitrogens is 2. The SMILES string of the molecule is CNc1ncnc(Nc2ccccc2I)c1C. The largest absolute Gasteiger partial charge is 0.373 e. The van der Waals surface area contributed by atoms with Crippen LogP contribution in [-0.2, 0) is 0 Å². The van der Waals surface area contributed by atoms with Crippen molar-refractivity contribution in [2.45, 2.75) is 6.92 Å². The van der Waals surface area contributed by atoms with Crippen LogP contribution < -0.4 is 10.6 Å². The fourth-order valence-corrected chi connectivity index (χ4v) is 2.04. The Morgan fingerprint density at radius 3 is 2.53 bits per heavy atom. The minimum absolute atomic E-state index is 0.827. The average Bonchev–Trinajstić information content (AvgIpc) is 2.34. The number of hydrogen-bond donors (Lipinski definition) is 2. The predicted octanol–water partition coefficient (Wildman–Crippen LogP) is 3.17. The molecule has 4 nitrogen and oxygen atoms in total. The van der Waals surface area contributed by atoms with Crippen molar-refractivity contribution in [2.24, 2.45) is 0 Å². The second-order valence-corrected chi connectivity index (χ2v) is 4.71. The van der Waals surface area contributed by atoms with Crippen LogP contribution in [0.15, 0.2) is 30.6 Å². The van der Waals surface area contributed by atoms with Gasteiger partial charge in [0.05, 0.1) is 5.69 Å². The third-order valence-corrected chi connectivity index (χ3v) is 3.39. The number of halogens is 1. The number of para-hydroxylation sites is 1. The van der Waals surface area contributed by atoms with Gasteiger partial charge in [0, 0.05) is 16.2 Å². The summed E-state index contributed by atoms with van der Waals surface area (Å²) in [5.74, 6) is 1.67. The molecule has 0 atom stereocenters. The molecule has 5 heteroatoms. The van der Waals surface area contributed by atoms with Gasteiger partial charge >= 0.3 is 0 Å². The van der Waals surface area contributed by atoms with Crippen molar-refractivity contribution in [2.75, 3.05) is 17.7 Å². The van der Waals surface area contributed by atoms with Gasteiger partial charge < -0.3 is 10.6 Å². The first kappa shape index (κ1) is 12.1.